The molecule has 1 saturated heterocycles. The molecular formula is C24H27Cl2NO6S. The third-order valence-corrected chi connectivity index (χ3v) is 8.16. The molecule has 1 saturated carbocycles. The van der Waals surface area contributed by atoms with Gasteiger partial charge in [0.1, 0.15) is 4.90 Å². The SMILES string of the molecule is COc1ccc(CN(C[C@@H]2CCCO2)C(=O)C2CCC2)cc1OS(=O)(=O)c1ccc(Cl)c(Cl)c1. The van der Waals surface area contributed by atoms with E-state index in [1.165, 1.54) is 25.3 Å². The number of ether oxygens (including phenoxy) is 2. The highest BCUT2D eigenvalue weighted by atomic mass is 35.5. The highest BCUT2D eigenvalue weighted by molar-refractivity contribution is 7.87. The van der Waals surface area contributed by atoms with Crippen LogP contribution in [-0.4, -0.2) is 45.6 Å². The lowest BCUT2D eigenvalue weighted by Crippen LogP contribution is -2.42. The summed E-state index contributed by atoms with van der Waals surface area (Å²) >= 11 is 11.9. The molecule has 1 atom stereocenters. The number of hydrogen-bond acceptors (Lipinski definition) is 6. The van der Waals surface area contributed by atoms with E-state index in [9.17, 15) is 13.2 Å². The fourth-order valence-corrected chi connectivity index (χ4v) is 5.41. The van der Waals surface area contributed by atoms with Gasteiger partial charge in [-0.3, -0.25) is 4.79 Å². The Balaban J connectivity index is 1.57. The second kappa shape index (κ2) is 10.7. The first-order valence-electron chi connectivity index (χ1n) is 11.2. The molecule has 1 aliphatic heterocycles. The fraction of sp³-hybridized carbons (Fsp3) is 0.458. The van der Waals surface area contributed by atoms with E-state index < -0.39 is 10.1 Å². The van der Waals surface area contributed by atoms with E-state index in [2.05, 4.69) is 0 Å². The Morgan fingerprint density at radius 1 is 1.06 bits per heavy atom. The van der Waals surface area contributed by atoms with Crippen LogP contribution in [0.5, 0.6) is 11.5 Å². The minimum Gasteiger partial charge on any atom is -0.493 e. The normalized spacial score (nSPS) is 18.4. The summed E-state index contributed by atoms with van der Waals surface area (Å²) in [6, 6.07) is 8.96. The van der Waals surface area contributed by atoms with Crippen molar-refractivity contribution in [2.75, 3.05) is 20.3 Å². The lowest BCUT2D eigenvalue weighted by atomic mass is 9.84. The third-order valence-electron chi connectivity index (χ3n) is 6.19. The summed E-state index contributed by atoms with van der Waals surface area (Å²) < 4.78 is 42.2. The van der Waals surface area contributed by atoms with Gasteiger partial charge >= 0.3 is 10.1 Å². The van der Waals surface area contributed by atoms with Crippen LogP contribution in [0.2, 0.25) is 10.0 Å². The number of benzene rings is 2. The minimum absolute atomic E-state index is 0.0213. The van der Waals surface area contributed by atoms with Crippen LogP contribution in [0.3, 0.4) is 0 Å². The lowest BCUT2D eigenvalue weighted by Gasteiger charge is -2.33. The van der Waals surface area contributed by atoms with Gasteiger partial charge < -0.3 is 18.6 Å². The smallest absolute Gasteiger partial charge is 0.339 e. The van der Waals surface area contributed by atoms with Crippen molar-refractivity contribution < 1.29 is 26.9 Å². The first-order chi connectivity index (χ1) is 16.3. The predicted octanol–water partition coefficient (Wildman–Crippen LogP) is 5.08. The van der Waals surface area contributed by atoms with Gasteiger partial charge in [0.15, 0.2) is 11.5 Å². The van der Waals surface area contributed by atoms with Crippen LogP contribution >= 0.6 is 23.2 Å². The average Bonchev–Trinajstić information content (AvgIpc) is 3.27. The molecule has 1 aliphatic carbocycles. The van der Waals surface area contributed by atoms with Crippen molar-refractivity contribution in [1.29, 1.82) is 0 Å². The van der Waals surface area contributed by atoms with Crippen molar-refractivity contribution in [1.82, 2.24) is 4.90 Å². The molecule has 0 radical (unpaired) electrons. The first kappa shape index (κ1) is 25.1. The molecule has 2 fully saturated rings. The summed E-state index contributed by atoms with van der Waals surface area (Å²) in [7, 11) is -2.77. The van der Waals surface area contributed by atoms with Crippen LogP contribution in [0.4, 0.5) is 0 Å². The number of methoxy groups -OCH3 is 1. The lowest BCUT2D eigenvalue weighted by molar-refractivity contribution is -0.140. The Labute approximate surface area is 210 Å². The zero-order valence-corrected chi connectivity index (χ0v) is 21.2. The molecule has 7 nitrogen and oxygen atoms in total. The number of carbonyl (C=O) groups excluding carboxylic acids is 1. The van der Waals surface area contributed by atoms with E-state index in [0.717, 1.165) is 37.7 Å². The van der Waals surface area contributed by atoms with Crippen LogP contribution in [0.1, 0.15) is 37.7 Å². The predicted molar refractivity (Wildman–Crippen MR) is 129 cm³/mol. The number of amides is 1. The highest BCUT2D eigenvalue weighted by Gasteiger charge is 2.32. The molecule has 2 aromatic rings. The van der Waals surface area contributed by atoms with Gasteiger partial charge in [0.05, 0.1) is 23.3 Å². The van der Waals surface area contributed by atoms with Crippen molar-refractivity contribution in [3.63, 3.8) is 0 Å². The third kappa shape index (κ3) is 5.79. The second-order valence-electron chi connectivity index (χ2n) is 8.58. The topological polar surface area (TPSA) is 82.1 Å². The highest BCUT2D eigenvalue weighted by Crippen LogP contribution is 2.34. The molecule has 1 amide bonds. The molecule has 2 aromatic carbocycles. The van der Waals surface area contributed by atoms with Gasteiger partial charge in [0.25, 0.3) is 0 Å². The van der Waals surface area contributed by atoms with Crippen molar-refractivity contribution in [2.24, 2.45) is 5.92 Å². The Kier molecular flexibility index (Phi) is 7.92. The monoisotopic (exact) mass is 527 g/mol. The van der Waals surface area contributed by atoms with Crippen molar-refractivity contribution >= 4 is 39.2 Å². The standard InChI is InChI=1S/C24H27Cl2NO6S/c1-31-22-10-7-16(12-23(22)33-34(29,30)19-8-9-20(25)21(26)13-19)14-27(15-18-6-3-11-32-18)24(28)17-4-2-5-17/h7-10,12-13,17-18H,2-6,11,14-15H2,1H3/t18-/m0/s1. The molecule has 0 spiro atoms. The number of nitrogens with zero attached hydrogens (tertiary/aromatic N) is 1. The Morgan fingerprint density at radius 3 is 2.47 bits per heavy atom. The fourth-order valence-electron chi connectivity index (χ4n) is 4.08. The van der Waals surface area contributed by atoms with Crippen LogP contribution in [0.15, 0.2) is 41.3 Å². The summed E-state index contributed by atoms with van der Waals surface area (Å²) in [4.78, 5) is 14.8. The second-order valence-corrected chi connectivity index (χ2v) is 10.9. The Bertz CT molecular complexity index is 1150. The molecular weight excluding hydrogens is 501 g/mol. The van der Waals surface area contributed by atoms with E-state index in [1.54, 1.807) is 18.2 Å². The molecule has 0 unspecified atom stereocenters. The molecule has 184 valence electrons. The zero-order valence-electron chi connectivity index (χ0n) is 18.8. The van der Waals surface area contributed by atoms with Gasteiger partial charge in [-0.2, -0.15) is 8.42 Å². The molecule has 1 heterocycles. The molecule has 10 heteroatoms. The summed E-state index contributed by atoms with van der Waals surface area (Å²) in [5, 5.41) is 0.342. The average molecular weight is 528 g/mol. The van der Waals surface area contributed by atoms with Gasteiger partial charge in [-0.25, -0.2) is 0 Å². The first-order valence-corrected chi connectivity index (χ1v) is 13.4. The molecule has 0 bridgehead atoms. The Morgan fingerprint density at radius 2 is 1.85 bits per heavy atom. The largest absolute Gasteiger partial charge is 0.493 e. The van der Waals surface area contributed by atoms with Gasteiger partial charge in [-0.05, 0) is 61.6 Å². The van der Waals surface area contributed by atoms with E-state index in [4.69, 9.17) is 36.9 Å². The molecule has 4 rings (SSSR count). The van der Waals surface area contributed by atoms with Gasteiger partial charge in [0.2, 0.25) is 5.91 Å². The summed E-state index contributed by atoms with van der Waals surface area (Å²) in [5.41, 5.74) is 0.728. The quantitative estimate of drug-likeness (QED) is 0.423. The van der Waals surface area contributed by atoms with Crippen molar-refractivity contribution in [2.45, 2.75) is 49.6 Å². The van der Waals surface area contributed by atoms with Crippen molar-refractivity contribution in [3.05, 3.63) is 52.0 Å². The van der Waals surface area contributed by atoms with Crippen LogP contribution in [0, 0.1) is 5.92 Å². The van der Waals surface area contributed by atoms with Gasteiger partial charge in [-0.15, -0.1) is 0 Å². The zero-order chi connectivity index (χ0) is 24.3. The number of hydrogen-bond donors (Lipinski definition) is 0. The number of halogens is 2. The number of rotatable bonds is 9. The molecule has 0 aromatic heterocycles. The van der Waals surface area contributed by atoms with E-state index in [1.807, 2.05) is 4.90 Å². The summed E-state index contributed by atoms with van der Waals surface area (Å²) in [5.74, 6) is 0.441. The maximum absolute atomic E-state index is 13.1. The van der Waals surface area contributed by atoms with Gasteiger partial charge in [0, 0.05) is 25.6 Å². The number of carbonyl (C=O) groups is 1. The van der Waals surface area contributed by atoms with E-state index >= 15 is 0 Å². The minimum atomic E-state index is -4.20. The van der Waals surface area contributed by atoms with E-state index in [0.29, 0.717) is 19.7 Å². The van der Waals surface area contributed by atoms with Crippen LogP contribution < -0.4 is 8.92 Å². The maximum atomic E-state index is 13.1. The Hall–Kier alpha value is -2.00. The van der Waals surface area contributed by atoms with Crippen molar-refractivity contribution in [3.8, 4) is 11.5 Å². The van der Waals surface area contributed by atoms with E-state index in [-0.39, 0.29) is 44.4 Å². The van der Waals surface area contributed by atoms with Crippen LogP contribution in [-0.2, 0) is 26.2 Å². The summed E-state index contributed by atoms with van der Waals surface area (Å²) in [6.45, 7) is 1.55. The molecule has 34 heavy (non-hydrogen) atoms. The molecule has 2 aliphatic rings. The van der Waals surface area contributed by atoms with Crippen LogP contribution in [0.25, 0.3) is 0 Å². The maximum Gasteiger partial charge on any atom is 0.339 e. The molecule has 0 N–H and O–H groups in total. The summed E-state index contributed by atoms with van der Waals surface area (Å²) in [6.07, 6.45) is 4.81. The van der Waals surface area contributed by atoms with Gasteiger partial charge in [-0.1, -0.05) is 35.7 Å².